The van der Waals surface area contributed by atoms with Crippen LogP contribution in [0.3, 0.4) is 0 Å². The van der Waals surface area contributed by atoms with Gasteiger partial charge in [-0.1, -0.05) is 13.8 Å². The molecule has 0 aromatic carbocycles. The molecule has 1 aromatic rings. The standard InChI is InChI=1S/C11H18N2/c1-8-3-4-10(5-9(8)2)11-6-12-7-13-11/h6-10H,3-5H2,1-2H3,(H,12,13). The zero-order valence-corrected chi connectivity index (χ0v) is 8.46. The number of nitrogens with one attached hydrogen (secondary N) is 1. The Bertz CT molecular complexity index is 253. The summed E-state index contributed by atoms with van der Waals surface area (Å²) < 4.78 is 0. The third kappa shape index (κ3) is 1.77. The van der Waals surface area contributed by atoms with Crippen LogP contribution in [0.1, 0.15) is 44.7 Å². The molecule has 72 valence electrons. The van der Waals surface area contributed by atoms with Crippen molar-refractivity contribution >= 4 is 0 Å². The average molecular weight is 178 g/mol. The second-order valence-electron chi connectivity index (χ2n) is 4.47. The Morgan fingerprint density at radius 1 is 1.31 bits per heavy atom. The molecule has 0 bridgehead atoms. The molecule has 1 aliphatic rings. The number of H-pyrrole nitrogens is 1. The highest BCUT2D eigenvalue weighted by atomic mass is 14.9. The van der Waals surface area contributed by atoms with Gasteiger partial charge in [-0.3, -0.25) is 0 Å². The van der Waals surface area contributed by atoms with Crippen molar-refractivity contribution in [2.24, 2.45) is 11.8 Å². The highest BCUT2D eigenvalue weighted by Gasteiger charge is 2.25. The highest BCUT2D eigenvalue weighted by molar-refractivity contribution is 5.05. The molecule has 0 radical (unpaired) electrons. The van der Waals surface area contributed by atoms with Crippen LogP contribution in [0, 0.1) is 11.8 Å². The molecule has 2 rings (SSSR count). The van der Waals surface area contributed by atoms with Gasteiger partial charge in [0.05, 0.1) is 6.33 Å². The number of rotatable bonds is 1. The van der Waals surface area contributed by atoms with E-state index in [1.165, 1.54) is 25.0 Å². The maximum atomic E-state index is 4.09. The van der Waals surface area contributed by atoms with E-state index in [1.807, 2.05) is 6.20 Å². The minimum absolute atomic E-state index is 0.730. The minimum Gasteiger partial charge on any atom is -0.348 e. The van der Waals surface area contributed by atoms with E-state index >= 15 is 0 Å². The van der Waals surface area contributed by atoms with E-state index < -0.39 is 0 Å². The fourth-order valence-corrected chi connectivity index (χ4v) is 2.32. The Morgan fingerprint density at radius 2 is 2.15 bits per heavy atom. The molecule has 1 heterocycles. The van der Waals surface area contributed by atoms with E-state index in [0.29, 0.717) is 0 Å². The van der Waals surface area contributed by atoms with Gasteiger partial charge in [-0.15, -0.1) is 0 Å². The van der Waals surface area contributed by atoms with Crippen LogP contribution in [0.15, 0.2) is 12.5 Å². The molecule has 1 fully saturated rings. The lowest BCUT2D eigenvalue weighted by molar-refractivity contribution is 0.248. The van der Waals surface area contributed by atoms with Gasteiger partial charge in [0.1, 0.15) is 0 Å². The summed E-state index contributed by atoms with van der Waals surface area (Å²) in [6.07, 6.45) is 7.79. The Balaban J connectivity index is 2.03. The predicted molar refractivity (Wildman–Crippen MR) is 53.5 cm³/mol. The van der Waals surface area contributed by atoms with E-state index in [9.17, 15) is 0 Å². The molecule has 2 heteroatoms. The Kier molecular flexibility index (Phi) is 2.38. The van der Waals surface area contributed by atoms with Gasteiger partial charge >= 0.3 is 0 Å². The summed E-state index contributed by atoms with van der Waals surface area (Å²) in [5.74, 6) is 2.50. The Morgan fingerprint density at radius 3 is 2.77 bits per heavy atom. The topological polar surface area (TPSA) is 28.7 Å². The van der Waals surface area contributed by atoms with Gasteiger partial charge in [0.25, 0.3) is 0 Å². The number of aromatic amines is 1. The van der Waals surface area contributed by atoms with Crippen LogP contribution in [0.5, 0.6) is 0 Å². The maximum absolute atomic E-state index is 4.09. The first kappa shape index (κ1) is 8.79. The smallest absolute Gasteiger partial charge is 0.0921 e. The van der Waals surface area contributed by atoms with Crippen molar-refractivity contribution < 1.29 is 0 Å². The van der Waals surface area contributed by atoms with Crippen molar-refractivity contribution in [3.05, 3.63) is 18.2 Å². The molecule has 1 aliphatic carbocycles. The summed E-state index contributed by atoms with van der Waals surface area (Å²) in [4.78, 5) is 7.32. The molecule has 1 N–H and O–H groups in total. The van der Waals surface area contributed by atoms with Crippen LogP contribution >= 0.6 is 0 Å². The van der Waals surface area contributed by atoms with Crippen molar-refractivity contribution in [3.8, 4) is 0 Å². The molecule has 1 saturated carbocycles. The molecule has 1 aromatic heterocycles. The molecule has 0 amide bonds. The summed E-state index contributed by atoms with van der Waals surface area (Å²) in [5.41, 5.74) is 1.33. The molecule has 2 nitrogen and oxygen atoms in total. The second kappa shape index (κ2) is 3.52. The van der Waals surface area contributed by atoms with E-state index in [1.54, 1.807) is 6.33 Å². The van der Waals surface area contributed by atoms with Crippen molar-refractivity contribution in [2.75, 3.05) is 0 Å². The minimum atomic E-state index is 0.730. The highest BCUT2D eigenvalue weighted by Crippen LogP contribution is 2.38. The zero-order chi connectivity index (χ0) is 9.26. The van der Waals surface area contributed by atoms with Crippen LogP contribution in [-0.4, -0.2) is 9.97 Å². The predicted octanol–water partition coefficient (Wildman–Crippen LogP) is 2.95. The second-order valence-corrected chi connectivity index (χ2v) is 4.47. The van der Waals surface area contributed by atoms with E-state index in [0.717, 1.165) is 17.8 Å². The lowest BCUT2D eigenvalue weighted by Gasteiger charge is -2.31. The van der Waals surface area contributed by atoms with Crippen molar-refractivity contribution in [3.63, 3.8) is 0 Å². The number of imidazole rings is 1. The lowest BCUT2D eigenvalue weighted by atomic mass is 9.75. The average Bonchev–Trinajstić information content (AvgIpc) is 2.62. The van der Waals surface area contributed by atoms with E-state index in [2.05, 4.69) is 23.8 Å². The monoisotopic (exact) mass is 178 g/mol. The van der Waals surface area contributed by atoms with Crippen molar-refractivity contribution in [1.82, 2.24) is 9.97 Å². The zero-order valence-electron chi connectivity index (χ0n) is 8.46. The summed E-state index contributed by atoms with van der Waals surface area (Å²) >= 11 is 0. The first-order valence-corrected chi connectivity index (χ1v) is 5.25. The third-order valence-electron chi connectivity index (χ3n) is 3.56. The van der Waals surface area contributed by atoms with Gasteiger partial charge in [0.15, 0.2) is 0 Å². The maximum Gasteiger partial charge on any atom is 0.0921 e. The largest absolute Gasteiger partial charge is 0.348 e. The number of nitrogens with zero attached hydrogens (tertiary/aromatic N) is 1. The lowest BCUT2D eigenvalue weighted by Crippen LogP contribution is -2.19. The summed E-state index contributed by atoms with van der Waals surface area (Å²) in [5, 5.41) is 0. The van der Waals surface area contributed by atoms with Gasteiger partial charge in [0, 0.05) is 17.8 Å². The SMILES string of the molecule is CC1CCC(c2cnc[nH]2)CC1C. The summed E-state index contributed by atoms with van der Waals surface area (Å²) in [6, 6.07) is 0. The van der Waals surface area contributed by atoms with Crippen molar-refractivity contribution in [1.29, 1.82) is 0 Å². The fourth-order valence-electron chi connectivity index (χ4n) is 2.32. The van der Waals surface area contributed by atoms with E-state index in [4.69, 9.17) is 0 Å². The van der Waals surface area contributed by atoms with E-state index in [-0.39, 0.29) is 0 Å². The first-order valence-electron chi connectivity index (χ1n) is 5.25. The Labute approximate surface area is 79.8 Å². The first-order chi connectivity index (χ1) is 6.27. The number of hydrogen-bond donors (Lipinski definition) is 1. The normalized spacial score (nSPS) is 34.8. The molecule has 3 unspecified atom stereocenters. The van der Waals surface area contributed by atoms with Crippen LogP contribution in [-0.2, 0) is 0 Å². The van der Waals surface area contributed by atoms with Crippen molar-refractivity contribution in [2.45, 2.75) is 39.0 Å². The third-order valence-corrected chi connectivity index (χ3v) is 3.56. The summed E-state index contributed by atoms with van der Waals surface area (Å²) in [7, 11) is 0. The van der Waals surface area contributed by atoms with Gasteiger partial charge in [-0.05, 0) is 31.1 Å². The quantitative estimate of drug-likeness (QED) is 0.703. The van der Waals surface area contributed by atoms with Crippen LogP contribution in [0.2, 0.25) is 0 Å². The molecular weight excluding hydrogens is 160 g/mol. The van der Waals surface area contributed by atoms with Gasteiger partial charge < -0.3 is 4.98 Å². The molecule has 3 atom stereocenters. The number of hydrogen-bond acceptors (Lipinski definition) is 1. The Hall–Kier alpha value is -0.790. The molecular formula is C11H18N2. The molecule has 0 saturated heterocycles. The molecule has 0 aliphatic heterocycles. The van der Waals surface area contributed by atoms with Crippen LogP contribution < -0.4 is 0 Å². The molecule has 0 spiro atoms. The van der Waals surface area contributed by atoms with Gasteiger partial charge in [0.2, 0.25) is 0 Å². The summed E-state index contributed by atoms with van der Waals surface area (Å²) in [6.45, 7) is 4.74. The number of aromatic nitrogens is 2. The van der Waals surface area contributed by atoms with Crippen LogP contribution in [0.4, 0.5) is 0 Å². The van der Waals surface area contributed by atoms with Gasteiger partial charge in [-0.2, -0.15) is 0 Å². The van der Waals surface area contributed by atoms with Crippen LogP contribution in [0.25, 0.3) is 0 Å². The fraction of sp³-hybridized carbons (Fsp3) is 0.727. The molecule has 13 heavy (non-hydrogen) atoms. The van der Waals surface area contributed by atoms with Gasteiger partial charge in [-0.25, -0.2) is 4.98 Å².